The molecule has 0 aromatic carbocycles. The minimum atomic E-state index is 0.118. The lowest BCUT2D eigenvalue weighted by molar-refractivity contribution is 0.141. The van der Waals surface area contributed by atoms with E-state index in [1.807, 2.05) is 11.3 Å². The molecule has 0 saturated heterocycles. The van der Waals surface area contributed by atoms with Gasteiger partial charge in [0, 0.05) is 15.3 Å². The summed E-state index contributed by atoms with van der Waals surface area (Å²) in [4.78, 5) is 5.10. The molecule has 1 heterocycles. The lowest BCUT2D eigenvalue weighted by Crippen LogP contribution is -2.49. The van der Waals surface area contributed by atoms with Crippen LogP contribution in [0.4, 0.5) is 0 Å². The van der Waals surface area contributed by atoms with Crippen LogP contribution >= 0.6 is 11.3 Å². The SMILES string of the molecule is CCNC(c1ccc(C)s1)C(C)(C)N(C)C. The van der Waals surface area contributed by atoms with Crippen LogP contribution < -0.4 is 5.32 Å². The van der Waals surface area contributed by atoms with E-state index in [2.05, 4.69) is 64.1 Å². The summed E-state index contributed by atoms with van der Waals surface area (Å²) in [6.07, 6.45) is 0. The first-order valence-corrected chi connectivity index (χ1v) is 6.68. The molecule has 0 spiro atoms. The molecule has 0 aliphatic carbocycles. The first-order chi connectivity index (χ1) is 7.39. The highest BCUT2D eigenvalue weighted by molar-refractivity contribution is 7.12. The molecular weight excluding hydrogens is 216 g/mol. The number of rotatable bonds is 5. The van der Waals surface area contributed by atoms with Crippen molar-refractivity contribution in [3.63, 3.8) is 0 Å². The Morgan fingerprint density at radius 2 is 2.00 bits per heavy atom. The van der Waals surface area contributed by atoms with Gasteiger partial charge >= 0.3 is 0 Å². The standard InChI is InChI=1S/C13H24N2S/c1-7-14-12(13(3,4)15(5)6)11-9-8-10(2)16-11/h8-9,12,14H,7H2,1-6H3. The number of hydrogen-bond donors (Lipinski definition) is 1. The van der Waals surface area contributed by atoms with Crippen LogP contribution in [-0.4, -0.2) is 31.1 Å². The summed E-state index contributed by atoms with van der Waals surface area (Å²) in [5.74, 6) is 0. The highest BCUT2D eigenvalue weighted by Gasteiger charge is 2.32. The van der Waals surface area contributed by atoms with Gasteiger partial charge in [-0.3, -0.25) is 0 Å². The summed E-state index contributed by atoms with van der Waals surface area (Å²) in [7, 11) is 4.29. The van der Waals surface area contributed by atoms with Crippen molar-refractivity contribution >= 4 is 11.3 Å². The fraction of sp³-hybridized carbons (Fsp3) is 0.692. The maximum Gasteiger partial charge on any atom is 0.0596 e. The largest absolute Gasteiger partial charge is 0.308 e. The molecule has 0 aliphatic rings. The van der Waals surface area contributed by atoms with Crippen LogP contribution in [-0.2, 0) is 0 Å². The van der Waals surface area contributed by atoms with Crippen molar-refractivity contribution in [1.82, 2.24) is 10.2 Å². The van der Waals surface area contributed by atoms with Gasteiger partial charge in [-0.1, -0.05) is 6.92 Å². The molecule has 92 valence electrons. The lowest BCUT2D eigenvalue weighted by atomic mass is 9.92. The van der Waals surface area contributed by atoms with Crippen molar-refractivity contribution in [3.05, 3.63) is 21.9 Å². The number of aryl methyl sites for hydroxylation is 1. The summed E-state index contributed by atoms with van der Waals surface area (Å²) in [5.41, 5.74) is 0.118. The molecule has 0 bridgehead atoms. The molecule has 0 saturated carbocycles. The monoisotopic (exact) mass is 240 g/mol. The molecule has 2 nitrogen and oxygen atoms in total. The fourth-order valence-corrected chi connectivity index (χ4v) is 2.90. The predicted molar refractivity (Wildman–Crippen MR) is 73.2 cm³/mol. The van der Waals surface area contributed by atoms with E-state index in [-0.39, 0.29) is 5.54 Å². The predicted octanol–water partition coefficient (Wildman–Crippen LogP) is 3.05. The average molecular weight is 240 g/mol. The maximum absolute atomic E-state index is 3.60. The van der Waals surface area contributed by atoms with Crippen molar-refractivity contribution in [2.45, 2.75) is 39.3 Å². The van der Waals surface area contributed by atoms with Crippen molar-refractivity contribution in [3.8, 4) is 0 Å². The summed E-state index contributed by atoms with van der Waals surface area (Å²) >= 11 is 1.89. The second kappa shape index (κ2) is 5.30. The number of hydrogen-bond acceptors (Lipinski definition) is 3. The number of likely N-dealkylation sites (N-methyl/N-ethyl adjacent to an activating group) is 2. The van der Waals surface area contributed by atoms with Gasteiger partial charge < -0.3 is 10.2 Å². The minimum absolute atomic E-state index is 0.118. The molecule has 1 rings (SSSR count). The third-order valence-corrected chi connectivity index (χ3v) is 4.38. The van der Waals surface area contributed by atoms with Crippen LogP contribution in [0, 0.1) is 6.92 Å². The Labute approximate surface area is 104 Å². The third kappa shape index (κ3) is 2.84. The molecule has 3 heteroatoms. The highest BCUT2D eigenvalue weighted by atomic mass is 32.1. The molecule has 1 aromatic rings. The van der Waals surface area contributed by atoms with Crippen molar-refractivity contribution in [2.75, 3.05) is 20.6 Å². The maximum atomic E-state index is 3.60. The Kier molecular flexibility index (Phi) is 4.53. The van der Waals surface area contributed by atoms with E-state index in [0.29, 0.717) is 6.04 Å². The van der Waals surface area contributed by atoms with Gasteiger partial charge in [0.1, 0.15) is 0 Å². The zero-order valence-corrected chi connectivity index (χ0v) is 12.1. The summed E-state index contributed by atoms with van der Waals surface area (Å²) in [6, 6.07) is 4.85. The molecule has 1 atom stereocenters. The van der Waals surface area contributed by atoms with Gasteiger partial charge in [0.05, 0.1) is 6.04 Å². The van der Waals surface area contributed by atoms with Gasteiger partial charge in [0.2, 0.25) is 0 Å². The summed E-state index contributed by atoms with van der Waals surface area (Å²) in [6.45, 7) is 9.91. The molecule has 1 N–H and O–H groups in total. The average Bonchev–Trinajstić information content (AvgIpc) is 2.60. The van der Waals surface area contributed by atoms with E-state index >= 15 is 0 Å². The van der Waals surface area contributed by atoms with Gasteiger partial charge in [-0.25, -0.2) is 0 Å². The van der Waals surface area contributed by atoms with Crippen molar-refractivity contribution in [1.29, 1.82) is 0 Å². The smallest absolute Gasteiger partial charge is 0.0596 e. The number of thiophene rings is 1. The van der Waals surface area contributed by atoms with Crippen LogP contribution in [0.15, 0.2) is 12.1 Å². The van der Waals surface area contributed by atoms with Crippen LogP contribution in [0.25, 0.3) is 0 Å². The van der Waals surface area contributed by atoms with E-state index in [0.717, 1.165) is 6.54 Å². The summed E-state index contributed by atoms with van der Waals surface area (Å²) in [5, 5.41) is 3.60. The lowest BCUT2D eigenvalue weighted by Gasteiger charge is -2.40. The first kappa shape index (κ1) is 13.7. The van der Waals surface area contributed by atoms with Gasteiger partial charge in [-0.15, -0.1) is 11.3 Å². The minimum Gasteiger partial charge on any atom is -0.308 e. The number of nitrogens with zero attached hydrogens (tertiary/aromatic N) is 1. The molecule has 1 aromatic heterocycles. The Morgan fingerprint density at radius 1 is 1.38 bits per heavy atom. The van der Waals surface area contributed by atoms with E-state index < -0.39 is 0 Å². The van der Waals surface area contributed by atoms with Gasteiger partial charge in [0.15, 0.2) is 0 Å². The van der Waals surface area contributed by atoms with E-state index in [4.69, 9.17) is 0 Å². The van der Waals surface area contributed by atoms with Gasteiger partial charge in [-0.05, 0) is 53.5 Å². The zero-order valence-electron chi connectivity index (χ0n) is 11.3. The van der Waals surface area contributed by atoms with E-state index in [9.17, 15) is 0 Å². The van der Waals surface area contributed by atoms with E-state index in [1.165, 1.54) is 9.75 Å². The Morgan fingerprint density at radius 3 is 2.38 bits per heavy atom. The van der Waals surface area contributed by atoms with Crippen LogP contribution in [0.1, 0.15) is 36.6 Å². The van der Waals surface area contributed by atoms with Crippen molar-refractivity contribution in [2.24, 2.45) is 0 Å². The molecule has 0 fully saturated rings. The van der Waals surface area contributed by atoms with Gasteiger partial charge in [0.25, 0.3) is 0 Å². The molecule has 16 heavy (non-hydrogen) atoms. The van der Waals surface area contributed by atoms with E-state index in [1.54, 1.807) is 0 Å². The summed E-state index contributed by atoms with van der Waals surface area (Å²) < 4.78 is 0. The Hall–Kier alpha value is -0.380. The first-order valence-electron chi connectivity index (χ1n) is 5.86. The van der Waals surface area contributed by atoms with Crippen molar-refractivity contribution < 1.29 is 0 Å². The topological polar surface area (TPSA) is 15.3 Å². The molecule has 0 aliphatic heterocycles. The normalized spacial score (nSPS) is 14.4. The Balaban J connectivity index is 2.99. The second-order valence-corrected chi connectivity index (χ2v) is 6.31. The highest BCUT2D eigenvalue weighted by Crippen LogP contribution is 2.33. The van der Waals surface area contributed by atoms with Crippen LogP contribution in [0.5, 0.6) is 0 Å². The second-order valence-electron chi connectivity index (χ2n) is 4.99. The van der Waals surface area contributed by atoms with Crippen LogP contribution in [0.3, 0.4) is 0 Å². The quantitative estimate of drug-likeness (QED) is 0.851. The fourth-order valence-electron chi connectivity index (χ4n) is 1.77. The molecular formula is C13H24N2S. The molecule has 1 unspecified atom stereocenters. The zero-order chi connectivity index (χ0) is 12.3. The molecule has 0 radical (unpaired) electrons. The Bertz CT molecular complexity index is 328. The third-order valence-electron chi connectivity index (χ3n) is 3.31. The van der Waals surface area contributed by atoms with Gasteiger partial charge in [-0.2, -0.15) is 0 Å². The van der Waals surface area contributed by atoms with Crippen LogP contribution in [0.2, 0.25) is 0 Å². The molecule has 0 amide bonds. The number of nitrogens with one attached hydrogen (secondary N) is 1.